The van der Waals surface area contributed by atoms with Gasteiger partial charge >= 0.3 is 0 Å². The quantitative estimate of drug-likeness (QED) is 0.544. The highest BCUT2D eigenvalue weighted by atomic mass is 127. The second-order valence-electron chi connectivity index (χ2n) is 5.55. The van der Waals surface area contributed by atoms with E-state index in [1.165, 1.54) is 37.1 Å². The smallest absolute Gasteiger partial charge is 0.0201 e. The molecular formula is C18H20IN. The Balaban J connectivity index is 1.92. The van der Waals surface area contributed by atoms with Crippen LogP contribution in [0.3, 0.4) is 0 Å². The molecule has 2 heteroatoms. The Kier molecular flexibility index (Phi) is 4.73. The molecule has 1 aliphatic rings. The standard InChI is InChI=1S/C18H20IN/c19-20-13-11-17(12-14-20)18(15-7-3-1-4-8-15)16-9-5-2-6-10-16/h1-10,17-18H,11-14H2. The van der Waals surface area contributed by atoms with Gasteiger partial charge < -0.3 is 0 Å². The zero-order valence-corrected chi connectivity index (χ0v) is 13.7. The molecule has 0 bridgehead atoms. The third-order valence-electron chi connectivity index (χ3n) is 4.27. The third-order valence-corrected chi connectivity index (χ3v) is 5.24. The van der Waals surface area contributed by atoms with E-state index in [1.807, 2.05) is 0 Å². The van der Waals surface area contributed by atoms with Gasteiger partial charge in [0.15, 0.2) is 0 Å². The second-order valence-corrected chi connectivity index (χ2v) is 6.91. The van der Waals surface area contributed by atoms with Crippen molar-refractivity contribution in [1.82, 2.24) is 3.11 Å². The minimum atomic E-state index is 0.544. The van der Waals surface area contributed by atoms with Gasteiger partial charge in [-0.05, 0) is 29.9 Å². The summed E-state index contributed by atoms with van der Waals surface area (Å²) < 4.78 is 2.42. The molecule has 0 atom stereocenters. The molecule has 1 saturated heterocycles. The predicted molar refractivity (Wildman–Crippen MR) is 93.0 cm³/mol. The highest BCUT2D eigenvalue weighted by molar-refractivity contribution is 14.1. The van der Waals surface area contributed by atoms with E-state index in [0.29, 0.717) is 5.92 Å². The van der Waals surface area contributed by atoms with Crippen molar-refractivity contribution in [2.75, 3.05) is 13.1 Å². The van der Waals surface area contributed by atoms with Crippen LogP contribution >= 0.6 is 22.9 Å². The van der Waals surface area contributed by atoms with Crippen LogP contribution in [0.5, 0.6) is 0 Å². The first kappa shape index (κ1) is 14.1. The maximum atomic E-state index is 2.45. The fourth-order valence-electron chi connectivity index (χ4n) is 3.26. The van der Waals surface area contributed by atoms with Crippen LogP contribution in [-0.4, -0.2) is 16.2 Å². The zero-order chi connectivity index (χ0) is 13.8. The molecule has 0 spiro atoms. The zero-order valence-electron chi connectivity index (χ0n) is 11.6. The number of piperidine rings is 1. The Morgan fingerprint density at radius 3 is 1.70 bits per heavy atom. The molecule has 3 rings (SSSR count). The highest BCUT2D eigenvalue weighted by Crippen LogP contribution is 2.38. The van der Waals surface area contributed by atoms with Gasteiger partial charge in [-0.1, -0.05) is 60.7 Å². The van der Waals surface area contributed by atoms with Gasteiger partial charge in [-0.2, -0.15) is 0 Å². The van der Waals surface area contributed by atoms with Crippen molar-refractivity contribution < 1.29 is 0 Å². The first-order valence-corrected chi connectivity index (χ1v) is 8.31. The Morgan fingerprint density at radius 1 is 0.800 bits per heavy atom. The van der Waals surface area contributed by atoms with Crippen molar-refractivity contribution in [3.8, 4) is 0 Å². The van der Waals surface area contributed by atoms with Crippen LogP contribution in [0, 0.1) is 5.92 Å². The number of benzene rings is 2. The first-order valence-electron chi connectivity index (χ1n) is 7.35. The van der Waals surface area contributed by atoms with Crippen molar-refractivity contribution in [3.05, 3.63) is 71.8 Å². The maximum Gasteiger partial charge on any atom is 0.0201 e. The number of rotatable bonds is 3. The monoisotopic (exact) mass is 377 g/mol. The summed E-state index contributed by atoms with van der Waals surface area (Å²) in [6.45, 7) is 2.42. The van der Waals surface area contributed by atoms with E-state index in [0.717, 1.165) is 5.92 Å². The summed E-state index contributed by atoms with van der Waals surface area (Å²) in [7, 11) is 0. The molecule has 0 N–H and O–H groups in total. The van der Waals surface area contributed by atoms with Crippen molar-refractivity contribution >= 4 is 22.9 Å². The van der Waals surface area contributed by atoms with Crippen LogP contribution in [-0.2, 0) is 0 Å². The predicted octanol–water partition coefficient (Wildman–Crippen LogP) is 4.88. The summed E-state index contributed by atoms with van der Waals surface area (Å²) in [6.07, 6.45) is 2.58. The average molecular weight is 377 g/mol. The summed E-state index contributed by atoms with van der Waals surface area (Å²) in [5.41, 5.74) is 2.93. The van der Waals surface area contributed by atoms with Crippen molar-refractivity contribution in [2.45, 2.75) is 18.8 Å². The van der Waals surface area contributed by atoms with E-state index < -0.39 is 0 Å². The fraction of sp³-hybridized carbons (Fsp3) is 0.333. The summed E-state index contributed by atoms with van der Waals surface area (Å²) in [4.78, 5) is 0. The second kappa shape index (κ2) is 6.72. The fourth-order valence-corrected chi connectivity index (χ4v) is 3.82. The van der Waals surface area contributed by atoms with E-state index in [1.54, 1.807) is 0 Å². The van der Waals surface area contributed by atoms with Gasteiger partial charge in [0.25, 0.3) is 0 Å². The van der Waals surface area contributed by atoms with Crippen LogP contribution < -0.4 is 0 Å². The summed E-state index contributed by atoms with van der Waals surface area (Å²) >= 11 is 2.45. The largest absolute Gasteiger partial charge is 0.248 e. The number of halogens is 1. The van der Waals surface area contributed by atoms with Crippen LogP contribution in [0.1, 0.15) is 29.9 Å². The molecule has 1 heterocycles. The number of nitrogens with zero attached hydrogens (tertiary/aromatic N) is 1. The Bertz CT molecular complexity index is 478. The van der Waals surface area contributed by atoms with Gasteiger partial charge in [0.05, 0.1) is 0 Å². The lowest BCUT2D eigenvalue weighted by atomic mass is 9.76. The molecule has 20 heavy (non-hydrogen) atoms. The van der Waals surface area contributed by atoms with Gasteiger partial charge in [-0.3, -0.25) is 0 Å². The maximum absolute atomic E-state index is 2.45. The minimum absolute atomic E-state index is 0.544. The Morgan fingerprint density at radius 2 is 1.25 bits per heavy atom. The lowest BCUT2D eigenvalue weighted by Crippen LogP contribution is -2.29. The van der Waals surface area contributed by atoms with Crippen molar-refractivity contribution in [3.63, 3.8) is 0 Å². The van der Waals surface area contributed by atoms with Crippen LogP contribution in [0.25, 0.3) is 0 Å². The van der Waals surface area contributed by atoms with E-state index in [9.17, 15) is 0 Å². The van der Waals surface area contributed by atoms with Crippen molar-refractivity contribution in [2.24, 2.45) is 5.92 Å². The Hall–Kier alpha value is -0.870. The summed E-state index contributed by atoms with van der Waals surface area (Å²) in [5.74, 6) is 1.30. The molecule has 1 aliphatic heterocycles. The molecule has 0 radical (unpaired) electrons. The molecule has 104 valence electrons. The van der Waals surface area contributed by atoms with Crippen LogP contribution in [0.15, 0.2) is 60.7 Å². The molecule has 2 aromatic carbocycles. The Labute approximate surface area is 135 Å². The topological polar surface area (TPSA) is 3.24 Å². The van der Waals surface area contributed by atoms with E-state index >= 15 is 0 Å². The molecule has 1 nitrogen and oxygen atoms in total. The molecule has 0 unspecified atom stereocenters. The lowest BCUT2D eigenvalue weighted by Gasteiger charge is -2.34. The van der Waals surface area contributed by atoms with Gasteiger partial charge in [0, 0.05) is 41.9 Å². The molecule has 0 aromatic heterocycles. The molecule has 0 aliphatic carbocycles. The van der Waals surface area contributed by atoms with Crippen LogP contribution in [0.2, 0.25) is 0 Å². The third kappa shape index (κ3) is 3.23. The molecule has 0 amide bonds. The van der Waals surface area contributed by atoms with Gasteiger partial charge in [0.2, 0.25) is 0 Å². The van der Waals surface area contributed by atoms with Crippen molar-refractivity contribution in [1.29, 1.82) is 0 Å². The molecule has 1 fully saturated rings. The van der Waals surface area contributed by atoms with Gasteiger partial charge in [-0.15, -0.1) is 0 Å². The molecule has 2 aromatic rings. The summed E-state index contributed by atoms with van der Waals surface area (Å²) in [5, 5.41) is 0. The summed E-state index contributed by atoms with van der Waals surface area (Å²) in [6, 6.07) is 22.0. The van der Waals surface area contributed by atoms with E-state index in [-0.39, 0.29) is 0 Å². The van der Waals surface area contributed by atoms with Crippen LogP contribution in [0.4, 0.5) is 0 Å². The SMILES string of the molecule is IN1CCC(C(c2ccccc2)c2ccccc2)CC1. The highest BCUT2D eigenvalue weighted by Gasteiger charge is 2.28. The minimum Gasteiger partial charge on any atom is -0.248 e. The van der Waals surface area contributed by atoms with Gasteiger partial charge in [0.1, 0.15) is 0 Å². The van der Waals surface area contributed by atoms with Gasteiger partial charge in [-0.25, -0.2) is 3.11 Å². The normalized spacial score (nSPS) is 17.5. The lowest BCUT2D eigenvalue weighted by molar-refractivity contribution is 0.286. The van der Waals surface area contributed by atoms with E-state index in [2.05, 4.69) is 86.6 Å². The molecule has 0 saturated carbocycles. The average Bonchev–Trinajstić information content (AvgIpc) is 2.52. The van der Waals surface area contributed by atoms with E-state index in [4.69, 9.17) is 0 Å². The molecular weight excluding hydrogens is 357 g/mol. The number of hydrogen-bond donors (Lipinski definition) is 0. The number of hydrogen-bond acceptors (Lipinski definition) is 1. The first-order chi connectivity index (χ1) is 9.84.